The van der Waals surface area contributed by atoms with Crippen LogP contribution in [0.15, 0.2) is 23.1 Å². The number of halogens is 1. The van der Waals surface area contributed by atoms with E-state index in [2.05, 4.69) is 10.0 Å². The predicted molar refractivity (Wildman–Crippen MR) is 92.3 cm³/mol. The van der Waals surface area contributed by atoms with Gasteiger partial charge in [0.2, 0.25) is 10.0 Å². The van der Waals surface area contributed by atoms with E-state index in [4.69, 9.17) is 4.74 Å². The van der Waals surface area contributed by atoms with Crippen molar-refractivity contribution in [2.24, 2.45) is 5.92 Å². The van der Waals surface area contributed by atoms with Gasteiger partial charge >= 0.3 is 5.69 Å². The van der Waals surface area contributed by atoms with E-state index >= 15 is 0 Å². The monoisotopic (exact) mass is 379 g/mol. The molecule has 1 aromatic rings. The van der Waals surface area contributed by atoms with Crippen LogP contribution in [-0.4, -0.2) is 40.1 Å². The second-order valence-electron chi connectivity index (χ2n) is 5.49. The summed E-state index contributed by atoms with van der Waals surface area (Å²) in [6, 6.07) is 3.52. The number of rotatable bonds is 7. The molecule has 0 aromatic heterocycles. The maximum absolute atomic E-state index is 12.3. The molecular formula is C14H22ClN3O5S. The summed E-state index contributed by atoms with van der Waals surface area (Å²) in [5.41, 5.74) is -0.264. The Kier molecular flexibility index (Phi) is 7.88. The smallest absolute Gasteiger partial charge is 0.310 e. The van der Waals surface area contributed by atoms with Crippen molar-refractivity contribution in [3.63, 3.8) is 0 Å². The normalized spacial score (nSPS) is 17.8. The van der Waals surface area contributed by atoms with Crippen LogP contribution in [0.25, 0.3) is 0 Å². The van der Waals surface area contributed by atoms with Crippen molar-refractivity contribution in [1.29, 1.82) is 0 Å². The molecule has 24 heavy (non-hydrogen) atoms. The van der Waals surface area contributed by atoms with Gasteiger partial charge in [-0.2, -0.15) is 0 Å². The minimum Gasteiger partial charge on any atom is -0.490 e. The lowest BCUT2D eigenvalue weighted by Gasteiger charge is -2.22. The minimum absolute atomic E-state index is 0. The maximum Gasteiger partial charge on any atom is 0.310 e. The standard InChI is InChI=1S/C14H21N3O5S.ClH/c1-22-14-9-12(4-5-13(14)17(18)19)23(20,21)16-8-6-11-3-2-7-15-10-11;/h4-5,9,11,15-16H,2-3,6-8,10H2,1H3;1H. The van der Waals surface area contributed by atoms with Gasteiger partial charge in [0.1, 0.15) is 0 Å². The minimum atomic E-state index is -3.71. The van der Waals surface area contributed by atoms with Crippen molar-refractivity contribution in [3.05, 3.63) is 28.3 Å². The first-order chi connectivity index (χ1) is 10.9. The van der Waals surface area contributed by atoms with Crippen molar-refractivity contribution in [3.8, 4) is 5.75 Å². The van der Waals surface area contributed by atoms with Crippen LogP contribution >= 0.6 is 12.4 Å². The number of nitrogens with zero attached hydrogens (tertiary/aromatic N) is 1. The first-order valence-electron chi connectivity index (χ1n) is 7.47. The number of piperidine rings is 1. The van der Waals surface area contributed by atoms with Crippen LogP contribution < -0.4 is 14.8 Å². The molecule has 10 heteroatoms. The molecule has 1 unspecified atom stereocenters. The van der Waals surface area contributed by atoms with E-state index in [0.717, 1.165) is 38.4 Å². The van der Waals surface area contributed by atoms with Gasteiger partial charge in [-0.3, -0.25) is 10.1 Å². The fourth-order valence-corrected chi connectivity index (χ4v) is 3.69. The number of nitrogens with one attached hydrogen (secondary N) is 2. The molecule has 1 atom stereocenters. The van der Waals surface area contributed by atoms with E-state index in [1.54, 1.807) is 0 Å². The van der Waals surface area contributed by atoms with Gasteiger partial charge < -0.3 is 10.1 Å². The predicted octanol–water partition coefficient (Wildman–Crippen LogP) is 1.69. The molecule has 0 amide bonds. The SMILES string of the molecule is COc1cc(S(=O)(=O)NCCC2CCCNC2)ccc1[N+](=O)[O-].Cl. The summed E-state index contributed by atoms with van der Waals surface area (Å²) in [6.45, 7) is 2.27. The highest BCUT2D eigenvalue weighted by Gasteiger charge is 2.21. The lowest BCUT2D eigenvalue weighted by molar-refractivity contribution is -0.385. The summed E-state index contributed by atoms with van der Waals surface area (Å²) in [6.07, 6.45) is 2.97. The van der Waals surface area contributed by atoms with Crippen molar-refractivity contribution in [2.45, 2.75) is 24.2 Å². The molecule has 1 aliphatic heterocycles. The molecular weight excluding hydrogens is 358 g/mol. The number of nitro benzene ring substituents is 1. The Morgan fingerprint density at radius 3 is 2.79 bits per heavy atom. The summed E-state index contributed by atoms with van der Waals surface area (Å²) in [4.78, 5) is 10.2. The van der Waals surface area contributed by atoms with E-state index in [9.17, 15) is 18.5 Å². The Labute approximate surface area is 147 Å². The Balaban J connectivity index is 0.00000288. The van der Waals surface area contributed by atoms with Crippen molar-refractivity contribution in [2.75, 3.05) is 26.7 Å². The first kappa shape index (κ1) is 20.6. The average molecular weight is 380 g/mol. The van der Waals surface area contributed by atoms with Crippen LogP contribution in [0.4, 0.5) is 5.69 Å². The number of methoxy groups -OCH3 is 1. The molecule has 1 aliphatic rings. The fourth-order valence-electron chi connectivity index (χ4n) is 2.63. The van der Waals surface area contributed by atoms with Gasteiger partial charge in [0.25, 0.3) is 0 Å². The van der Waals surface area contributed by atoms with Crippen molar-refractivity contribution >= 4 is 28.1 Å². The lowest BCUT2D eigenvalue weighted by atomic mass is 9.96. The fraction of sp³-hybridized carbons (Fsp3) is 0.571. The molecule has 136 valence electrons. The summed E-state index contributed by atoms with van der Waals surface area (Å²) >= 11 is 0. The van der Waals surface area contributed by atoms with Gasteiger partial charge in [-0.1, -0.05) is 0 Å². The second-order valence-corrected chi connectivity index (χ2v) is 7.26. The van der Waals surface area contributed by atoms with E-state index in [-0.39, 0.29) is 28.7 Å². The van der Waals surface area contributed by atoms with E-state index < -0.39 is 14.9 Å². The summed E-state index contributed by atoms with van der Waals surface area (Å²) in [7, 11) is -2.44. The first-order valence-corrected chi connectivity index (χ1v) is 8.95. The molecule has 0 saturated carbocycles. The average Bonchev–Trinajstić information content (AvgIpc) is 2.55. The molecule has 1 heterocycles. The van der Waals surface area contributed by atoms with Gasteiger partial charge in [-0.15, -0.1) is 12.4 Å². The summed E-state index contributed by atoms with van der Waals surface area (Å²) in [5, 5.41) is 14.1. The molecule has 1 aromatic carbocycles. The highest BCUT2D eigenvalue weighted by atomic mass is 35.5. The molecule has 0 radical (unpaired) electrons. The zero-order chi connectivity index (χ0) is 16.9. The van der Waals surface area contributed by atoms with Gasteiger partial charge in [-0.05, 0) is 44.3 Å². The van der Waals surface area contributed by atoms with Crippen LogP contribution in [0.1, 0.15) is 19.3 Å². The largest absolute Gasteiger partial charge is 0.490 e. The topological polar surface area (TPSA) is 111 Å². The van der Waals surface area contributed by atoms with Crippen LogP contribution in [0, 0.1) is 16.0 Å². The highest BCUT2D eigenvalue weighted by molar-refractivity contribution is 7.89. The van der Waals surface area contributed by atoms with Crippen LogP contribution in [0.5, 0.6) is 5.75 Å². The third-order valence-electron chi connectivity index (χ3n) is 3.90. The van der Waals surface area contributed by atoms with E-state index in [1.807, 2.05) is 0 Å². The molecule has 1 fully saturated rings. The number of hydrogen-bond donors (Lipinski definition) is 2. The maximum atomic E-state index is 12.3. The number of hydrogen-bond acceptors (Lipinski definition) is 6. The lowest BCUT2D eigenvalue weighted by Crippen LogP contribution is -2.33. The zero-order valence-electron chi connectivity index (χ0n) is 13.4. The molecule has 2 N–H and O–H groups in total. The van der Waals surface area contributed by atoms with Gasteiger partial charge in [0.05, 0.1) is 16.9 Å². The number of nitro groups is 1. The molecule has 0 spiro atoms. The number of ether oxygens (including phenoxy) is 1. The third kappa shape index (κ3) is 5.30. The van der Waals surface area contributed by atoms with Crippen molar-refractivity contribution in [1.82, 2.24) is 10.0 Å². The van der Waals surface area contributed by atoms with Crippen LogP contribution in [-0.2, 0) is 10.0 Å². The van der Waals surface area contributed by atoms with Crippen LogP contribution in [0.2, 0.25) is 0 Å². The van der Waals surface area contributed by atoms with E-state index in [0.29, 0.717) is 12.5 Å². The van der Waals surface area contributed by atoms with Gasteiger partial charge in [-0.25, -0.2) is 13.1 Å². The Morgan fingerprint density at radius 2 is 2.21 bits per heavy atom. The Hall–Kier alpha value is -1.42. The summed E-state index contributed by atoms with van der Waals surface area (Å²) < 4.78 is 32.0. The Morgan fingerprint density at radius 1 is 1.46 bits per heavy atom. The number of sulfonamides is 1. The molecule has 0 bridgehead atoms. The van der Waals surface area contributed by atoms with Crippen LogP contribution in [0.3, 0.4) is 0 Å². The Bertz CT molecular complexity index is 662. The van der Waals surface area contributed by atoms with E-state index in [1.165, 1.54) is 19.2 Å². The summed E-state index contributed by atoms with van der Waals surface area (Å²) in [5.74, 6) is 0.396. The molecule has 8 nitrogen and oxygen atoms in total. The van der Waals surface area contributed by atoms with Crippen molar-refractivity contribution < 1.29 is 18.1 Å². The quantitative estimate of drug-likeness (QED) is 0.551. The van der Waals surface area contributed by atoms with Gasteiger partial charge in [0.15, 0.2) is 5.75 Å². The zero-order valence-corrected chi connectivity index (χ0v) is 15.0. The molecule has 1 saturated heterocycles. The molecule has 2 rings (SSSR count). The second kappa shape index (κ2) is 9.16. The van der Waals surface area contributed by atoms with Gasteiger partial charge in [0, 0.05) is 18.7 Å². The third-order valence-corrected chi connectivity index (χ3v) is 5.36. The highest BCUT2D eigenvalue weighted by Crippen LogP contribution is 2.29. The molecule has 0 aliphatic carbocycles. The number of benzene rings is 1.